The maximum atomic E-state index is 5.20. The summed E-state index contributed by atoms with van der Waals surface area (Å²) in [5.74, 6) is 1.22. The normalized spacial score (nSPS) is 20.9. The standard InChI is InChI=1S/C25H41P/c1-19(2)21-16-22(20(3)4)18-25(17-21)26(5,23-12-8-6-9-13-23)24-14-10-7-11-15-24/h16-20,23-24H,5-15H2,1-4H3. The molecule has 2 aliphatic rings. The maximum absolute atomic E-state index is 5.20. The first kappa shape index (κ1) is 20.4. The van der Waals surface area contributed by atoms with E-state index in [1.807, 2.05) is 0 Å². The molecule has 1 heteroatoms. The van der Waals surface area contributed by atoms with Gasteiger partial charge in [-0.3, -0.25) is 0 Å². The minimum atomic E-state index is -1.36. The Labute approximate surface area is 163 Å². The predicted molar refractivity (Wildman–Crippen MR) is 120 cm³/mol. The third-order valence-corrected chi connectivity index (χ3v) is 12.1. The fourth-order valence-corrected chi connectivity index (χ4v) is 10.2. The van der Waals surface area contributed by atoms with Crippen LogP contribution in [0.25, 0.3) is 0 Å². The smallest absolute Gasteiger partial charge is 0.0657 e. The quantitative estimate of drug-likeness (QED) is 0.362. The van der Waals surface area contributed by atoms with Crippen molar-refractivity contribution in [3.05, 3.63) is 36.0 Å². The molecule has 0 saturated heterocycles. The van der Waals surface area contributed by atoms with Crippen molar-refractivity contribution in [1.82, 2.24) is 0 Å². The Hall–Kier alpha value is -0.350. The van der Waals surface area contributed by atoms with Crippen molar-refractivity contribution in [2.75, 3.05) is 0 Å². The summed E-state index contributed by atoms with van der Waals surface area (Å²) in [4.78, 5) is 0. The highest BCUT2D eigenvalue weighted by molar-refractivity contribution is 7.85. The monoisotopic (exact) mass is 372 g/mol. The minimum absolute atomic E-state index is 0.610. The Bertz CT molecular complexity index is 530. The molecule has 0 bridgehead atoms. The second-order valence-electron chi connectivity index (χ2n) is 9.68. The van der Waals surface area contributed by atoms with E-state index in [0.717, 1.165) is 11.3 Å². The Balaban J connectivity index is 2.08. The van der Waals surface area contributed by atoms with Crippen LogP contribution in [0.2, 0.25) is 0 Å². The van der Waals surface area contributed by atoms with Crippen LogP contribution < -0.4 is 5.30 Å². The molecule has 26 heavy (non-hydrogen) atoms. The summed E-state index contributed by atoms with van der Waals surface area (Å²) < 4.78 is 0. The second kappa shape index (κ2) is 8.77. The lowest BCUT2D eigenvalue weighted by Crippen LogP contribution is -2.33. The Morgan fingerprint density at radius 3 is 1.42 bits per heavy atom. The third kappa shape index (κ3) is 4.22. The molecular formula is C25H41P. The molecule has 3 rings (SSSR count). The lowest BCUT2D eigenvalue weighted by molar-refractivity contribution is 0.483. The zero-order chi connectivity index (χ0) is 18.7. The van der Waals surface area contributed by atoms with Gasteiger partial charge in [0, 0.05) is 11.3 Å². The van der Waals surface area contributed by atoms with Gasteiger partial charge in [-0.05, 0) is 86.5 Å². The third-order valence-electron chi connectivity index (χ3n) is 7.23. The van der Waals surface area contributed by atoms with E-state index < -0.39 is 7.26 Å². The molecule has 2 saturated carbocycles. The molecule has 0 spiro atoms. The fourth-order valence-electron chi connectivity index (χ4n) is 5.37. The average Bonchev–Trinajstić information content (AvgIpc) is 2.68. The van der Waals surface area contributed by atoms with Crippen LogP contribution in [0.4, 0.5) is 0 Å². The average molecular weight is 373 g/mol. The van der Waals surface area contributed by atoms with Crippen molar-refractivity contribution in [2.45, 2.75) is 115 Å². The van der Waals surface area contributed by atoms with E-state index in [0.29, 0.717) is 11.8 Å². The molecule has 2 aliphatic carbocycles. The summed E-state index contributed by atoms with van der Waals surface area (Å²) in [6.07, 6.45) is 14.4. The first-order valence-electron chi connectivity index (χ1n) is 11.3. The fraction of sp³-hybridized carbons (Fsp3) is 0.720. The van der Waals surface area contributed by atoms with Crippen LogP contribution in [0.1, 0.15) is 115 Å². The molecule has 0 aromatic heterocycles. The van der Waals surface area contributed by atoms with Crippen LogP contribution in [0.3, 0.4) is 0 Å². The van der Waals surface area contributed by atoms with E-state index in [1.165, 1.54) is 64.2 Å². The molecule has 0 radical (unpaired) electrons. The van der Waals surface area contributed by atoms with Gasteiger partial charge in [0.2, 0.25) is 0 Å². The van der Waals surface area contributed by atoms with Gasteiger partial charge in [0.15, 0.2) is 0 Å². The van der Waals surface area contributed by atoms with E-state index in [1.54, 1.807) is 16.4 Å². The molecule has 2 fully saturated rings. The van der Waals surface area contributed by atoms with Crippen LogP contribution in [0.5, 0.6) is 0 Å². The molecular weight excluding hydrogens is 331 g/mol. The van der Waals surface area contributed by atoms with Crippen LogP contribution in [-0.4, -0.2) is 11.3 Å². The molecule has 0 atom stereocenters. The zero-order valence-corrected chi connectivity index (χ0v) is 18.7. The lowest BCUT2D eigenvalue weighted by Gasteiger charge is -2.47. The van der Waals surface area contributed by atoms with E-state index in [4.69, 9.17) is 6.66 Å². The van der Waals surface area contributed by atoms with Crippen LogP contribution >= 0.6 is 7.26 Å². The van der Waals surface area contributed by atoms with Gasteiger partial charge in [-0.25, -0.2) is 0 Å². The molecule has 0 aliphatic heterocycles. The topological polar surface area (TPSA) is 0 Å². The van der Waals surface area contributed by atoms with Crippen molar-refractivity contribution in [3.8, 4) is 0 Å². The van der Waals surface area contributed by atoms with E-state index in [2.05, 4.69) is 45.9 Å². The highest BCUT2D eigenvalue weighted by Gasteiger charge is 2.44. The van der Waals surface area contributed by atoms with Crippen molar-refractivity contribution < 1.29 is 0 Å². The van der Waals surface area contributed by atoms with Crippen molar-refractivity contribution in [1.29, 1.82) is 0 Å². The summed E-state index contributed by atoms with van der Waals surface area (Å²) in [6.45, 7) is 14.6. The SMILES string of the molecule is [CH2-][P+](c1cc(C(C)C)cc(C(C)C)c1)(C1CCCCC1)C1CCCCC1. The molecule has 0 heterocycles. The van der Waals surface area contributed by atoms with E-state index in [9.17, 15) is 0 Å². The van der Waals surface area contributed by atoms with Gasteiger partial charge in [0.1, 0.15) is 0 Å². The summed E-state index contributed by atoms with van der Waals surface area (Å²) in [5, 5.41) is 1.69. The number of rotatable bonds is 5. The maximum Gasteiger partial charge on any atom is 0.0657 e. The zero-order valence-electron chi connectivity index (χ0n) is 17.8. The summed E-state index contributed by atoms with van der Waals surface area (Å²) in [6, 6.07) is 7.67. The van der Waals surface area contributed by atoms with Gasteiger partial charge in [-0.2, -0.15) is 6.66 Å². The van der Waals surface area contributed by atoms with E-state index >= 15 is 0 Å². The number of hydrogen-bond donors (Lipinski definition) is 0. The van der Waals surface area contributed by atoms with E-state index in [-0.39, 0.29) is 0 Å². The van der Waals surface area contributed by atoms with Gasteiger partial charge < -0.3 is 0 Å². The first-order chi connectivity index (χ1) is 12.4. The minimum Gasteiger partial charge on any atom is -0.174 e. The largest absolute Gasteiger partial charge is 0.174 e. The van der Waals surface area contributed by atoms with Gasteiger partial charge in [0.25, 0.3) is 0 Å². The van der Waals surface area contributed by atoms with Gasteiger partial charge in [0.05, 0.1) is 5.30 Å². The molecule has 0 unspecified atom stereocenters. The molecule has 0 amide bonds. The summed E-state index contributed by atoms with van der Waals surface area (Å²) in [5.41, 5.74) is 4.88. The van der Waals surface area contributed by atoms with Crippen LogP contribution in [-0.2, 0) is 0 Å². The molecule has 0 nitrogen and oxygen atoms in total. The predicted octanol–water partition coefficient (Wildman–Crippen LogP) is 8.03. The van der Waals surface area contributed by atoms with Crippen molar-refractivity contribution >= 4 is 12.6 Å². The second-order valence-corrected chi connectivity index (χ2v) is 13.5. The molecule has 146 valence electrons. The highest BCUT2D eigenvalue weighted by Crippen LogP contribution is 2.70. The molecule has 1 aromatic rings. The Morgan fingerprint density at radius 2 is 1.08 bits per heavy atom. The Morgan fingerprint density at radius 1 is 0.692 bits per heavy atom. The van der Waals surface area contributed by atoms with Crippen molar-refractivity contribution in [3.63, 3.8) is 0 Å². The number of hydrogen-bond acceptors (Lipinski definition) is 0. The van der Waals surface area contributed by atoms with Crippen molar-refractivity contribution in [2.24, 2.45) is 0 Å². The van der Waals surface area contributed by atoms with Gasteiger partial charge in [-0.15, -0.1) is 0 Å². The van der Waals surface area contributed by atoms with Gasteiger partial charge >= 0.3 is 0 Å². The first-order valence-corrected chi connectivity index (χ1v) is 13.4. The highest BCUT2D eigenvalue weighted by atomic mass is 31.2. The molecule has 0 N–H and O–H groups in total. The van der Waals surface area contributed by atoms with Crippen LogP contribution in [0.15, 0.2) is 18.2 Å². The summed E-state index contributed by atoms with van der Waals surface area (Å²) >= 11 is 0. The number of benzene rings is 1. The van der Waals surface area contributed by atoms with Gasteiger partial charge in [-0.1, -0.05) is 53.9 Å². The Kier molecular flexibility index (Phi) is 6.88. The molecule has 1 aromatic carbocycles. The van der Waals surface area contributed by atoms with Crippen LogP contribution in [0, 0.1) is 6.66 Å². The summed E-state index contributed by atoms with van der Waals surface area (Å²) in [7, 11) is -1.36. The lowest BCUT2D eigenvalue weighted by atomic mass is 9.96.